The molecule has 2 nitrogen and oxygen atoms in total. The van der Waals surface area contributed by atoms with Crippen LogP contribution >= 0.6 is 23.5 Å². The molecular formula is C12H26O2S2. The predicted octanol–water partition coefficient (Wildman–Crippen LogP) is 3.04. The second-order valence-electron chi connectivity index (χ2n) is 3.96. The Morgan fingerprint density at radius 3 is 2.38 bits per heavy atom. The van der Waals surface area contributed by atoms with Gasteiger partial charge in [-0.05, 0) is 31.8 Å². The SMILES string of the molecule is CSC(C)CCCC(CCOCCO)SC. The Hall–Kier alpha value is 0.620. The third kappa shape index (κ3) is 9.82. The van der Waals surface area contributed by atoms with Crippen molar-refractivity contribution in [2.75, 3.05) is 32.3 Å². The summed E-state index contributed by atoms with van der Waals surface area (Å²) < 4.78 is 5.30. The van der Waals surface area contributed by atoms with Gasteiger partial charge in [-0.2, -0.15) is 23.5 Å². The lowest BCUT2D eigenvalue weighted by Crippen LogP contribution is -2.09. The van der Waals surface area contributed by atoms with Gasteiger partial charge < -0.3 is 9.84 Å². The molecular weight excluding hydrogens is 240 g/mol. The topological polar surface area (TPSA) is 29.5 Å². The fourth-order valence-electron chi connectivity index (χ4n) is 1.51. The molecule has 98 valence electrons. The normalized spacial score (nSPS) is 15.0. The zero-order valence-electron chi connectivity index (χ0n) is 10.8. The van der Waals surface area contributed by atoms with E-state index in [1.54, 1.807) is 0 Å². The van der Waals surface area contributed by atoms with Crippen LogP contribution in [0.2, 0.25) is 0 Å². The van der Waals surface area contributed by atoms with E-state index >= 15 is 0 Å². The fourth-order valence-corrected chi connectivity index (χ4v) is 2.65. The van der Waals surface area contributed by atoms with Crippen LogP contribution in [0.25, 0.3) is 0 Å². The molecule has 0 rings (SSSR count). The predicted molar refractivity (Wildman–Crippen MR) is 76.7 cm³/mol. The zero-order valence-corrected chi connectivity index (χ0v) is 12.4. The van der Waals surface area contributed by atoms with Gasteiger partial charge in [-0.1, -0.05) is 13.3 Å². The Kier molecular flexibility index (Phi) is 12.6. The molecule has 0 saturated carbocycles. The van der Waals surface area contributed by atoms with Crippen molar-refractivity contribution < 1.29 is 9.84 Å². The molecule has 0 saturated heterocycles. The van der Waals surface area contributed by atoms with Crippen LogP contribution in [0.1, 0.15) is 32.6 Å². The van der Waals surface area contributed by atoms with E-state index in [9.17, 15) is 0 Å². The van der Waals surface area contributed by atoms with Crippen molar-refractivity contribution >= 4 is 23.5 Å². The van der Waals surface area contributed by atoms with Crippen LogP contribution in [-0.2, 0) is 4.74 Å². The summed E-state index contributed by atoms with van der Waals surface area (Å²) in [5.74, 6) is 0. The molecule has 16 heavy (non-hydrogen) atoms. The number of rotatable bonds is 11. The van der Waals surface area contributed by atoms with Crippen LogP contribution in [0.15, 0.2) is 0 Å². The Balaban J connectivity index is 3.43. The number of ether oxygens (including phenoxy) is 1. The summed E-state index contributed by atoms with van der Waals surface area (Å²) in [6.45, 7) is 3.69. The molecule has 0 amide bonds. The summed E-state index contributed by atoms with van der Waals surface area (Å²) in [5, 5.41) is 10.1. The van der Waals surface area contributed by atoms with Gasteiger partial charge in [0, 0.05) is 17.1 Å². The van der Waals surface area contributed by atoms with Gasteiger partial charge in [0.2, 0.25) is 0 Å². The Bertz CT molecular complexity index is 145. The lowest BCUT2D eigenvalue weighted by atomic mass is 10.1. The maximum atomic E-state index is 8.59. The van der Waals surface area contributed by atoms with E-state index in [1.807, 2.05) is 23.5 Å². The summed E-state index contributed by atoms with van der Waals surface area (Å²) in [6.07, 6.45) is 9.38. The van der Waals surface area contributed by atoms with Gasteiger partial charge in [-0.25, -0.2) is 0 Å². The highest BCUT2D eigenvalue weighted by Crippen LogP contribution is 2.21. The van der Waals surface area contributed by atoms with E-state index in [4.69, 9.17) is 9.84 Å². The Morgan fingerprint density at radius 1 is 1.06 bits per heavy atom. The third-order valence-electron chi connectivity index (χ3n) is 2.69. The van der Waals surface area contributed by atoms with Crippen molar-refractivity contribution in [3.8, 4) is 0 Å². The fraction of sp³-hybridized carbons (Fsp3) is 1.00. The molecule has 0 aliphatic heterocycles. The average molecular weight is 266 g/mol. The molecule has 0 aromatic rings. The lowest BCUT2D eigenvalue weighted by Gasteiger charge is -2.15. The minimum Gasteiger partial charge on any atom is -0.394 e. The summed E-state index contributed by atoms with van der Waals surface area (Å²) in [6, 6.07) is 0. The summed E-state index contributed by atoms with van der Waals surface area (Å²) >= 11 is 3.89. The number of aliphatic hydroxyl groups excluding tert-OH is 1. The van der Waals surface area contributed by atoms with Crippen LogP contribution < -0.4 is 0 Å². The summed E-state index contributed by atoms with van der Waals surface area (Å²) in [5.41, 5.74) is 0. The molecule has 0 aromatic carbocycles. The molecule has 0 aliphatic carbocycles. The number of aliphatic hydroxyl groups is 1. The average Bonchev–Trinajstić information content (AvgIpc) is 2.31. The highest BCUT2D eigenvalue weighted by Gasteiger charge is 2.08. The minimum absolute atomic E-state index is 0.134. The van der Waals surface area contributed by atoms with E-state index in [2.05, 4.69) is 19.4 Å². The molecule has 2 atom stereocenters. The van der Waals surface area contributed by atoms with Gasteiger partial charge >= 0.3 is 0 Å². The van der Waals surface area contributed by atoms with Crippen molar-refractivity contribution in [3.63, 3.8) is 0 Å². The first-order valence-electron chi connectivity index (χ1n) is 5.98. The smallest absolute Gasteiger partial charge is 0.0697 e. The number of hydrogen-bond acceptors (Lipinski definition) is 4. The van der Waals surface area contributed by atoms with Gasteiger partial charge in [0.05, 0.1) is 13.2 Å². The first kappa shape index (κ1) is 16.6. The van der Waals surface area contributed by atoms with E-state index in [0.717, 1.165) is 18.3 Å². The van der Waals surface area contributed by atoms with Gasteiger partial charge in [-0.15, -0.1) is 0 Å². The molecule has 0 spiro atoms. The quantitative estimate of drug-likeness (QED) is 0.582. The zero-order chi connectivity index (χ0) is 12.2. The van der Waals surface area contributed by atoms with Crippen LogP contribution in [0.3, 0.4) is 0 Å². The number of hydrogen-bond donors (Lipinski definition) is 1. The molecule has 0 heterocycles. The van der Waals surface area contributed by atoms with E-state index in [0.29, 0.717) is 11.9 Å². The highest BCUT2D eigenvalue weighted by molar-refractivity contribution is 7.99. The van der Waals surface area contributed by atoms with E-state index < -0.39 is 0 Å². The third-order valence-corrected chi connectivity index (χ3v) is 4.87. The first-order valence-corrected chi connectivity index (χ1v) is 8.56. The molecule has 0 bridgehead atoms. The van der Waals surface area contributed by atoms with Crippen molar-refractivity contribution in [2.24, 2.45) is 0 Å². The second-order valence-corrected chi connectivity index (χ2v) is 6.37. The Labute approximate surface area is 109 Å². The largest absolute Gasteiger partial charge is 0.394 e. The van der Waals surface area contributed by atoms with Gasteiger partial charge in [0.1, 0.15) is 0 Å². The molecule has 1 N–H and O–H groups in total. The van der Waals surface area contributed by atoms with E-state index in [-0.39, 0.29) is 6.61 Å². The molecule has 0 aromatic heterocycles. The molecule has 2 unspecified atom stereocenters. The molecule has 4 heteroatoms. The van der Waals surface area contributed by atoms with Gasteiger partial charge in [0.25, 0.3) is 0 Å². The van der Waals surface area contributed by atoms with Crippen molar-refractivity contribution in [1.82, 2.24) is 0 Å². The summed E-state index contributed by atoms with van der Waals surface area (Å²) in [7, 11) is 0. The molecule has 0 aliphatic rings. The molecule has 0 radical (unpaired) electrons. The van der Waals surface area contributed by atoms with E-state index in [1.165, 1.54) is 19.3 Å². The minimum atomic E-state index is 0.134. The van der Waals surface area contributed by atoms with Crippen molar-refractivity contribution in [3.05, 3.63) is 0 Å². The highest BCUT2D eigenvalue weighted by atomic mass is 32.2. The lowest BCUT2D eigenvalue weighted by molar-refractivity contribution is 0.0902. The van der Waals surface area contributed by atoms with Crippen molar-refractivity contribution in [1.29, 1.82) is 0 Å². The molecule has 0 fully saturated rings. The van der Waals surface area contributed by atoms with Crippen LogP contribution in [0.4, 0.5) is 0 Å². The second kappa shape index (κ2) is 12.1. The van der Waals surface area contributed by atoms with Crippen LogP contribution in [0.5, 0.6) is 0 Å². The maximum Gasteiger partial charge on any atom is 0.0697 e. The van der Waals surface area contributed by atoms with Crippen LogP contribution in [0, 0.1) is 0 Å². The number of thioether (sulfide) groups is 2. The van der Waals surface area contributed by atoms with Crippen LogP contribution in [-0.4, -0.2) is 47.9 Å². The Morgan fingerprint density at radius 2 is 1.81 bits per heavy atom. The summed E-state index contributed by atoms with van der Waals surface area (Å²) in [4.78, 5) is 0. The van der Waals surface area contributed by atoms with Gasteiger partial charge in [0.15, 0.2) is 0 Å². The standard InChI is InChI=1S/C12H26O2S2/c1-11(15-2)5-4-6-12(16-3)7-9-14-10-8-13/h11-13H,4-10H2,1-3H3. The van der Waals surface area contributed by atoms with Crippen molar-refractivity contribution in [2.45, 2.75) is 43.1 Å². The first-order chi connectivity index (χ1) is 7.74. The monoisotopic (exact) mass is 266 g/mol. The van der Waals surface area contributed by atoms with Gasteiger partial charge in [-0.3, -0.25) is 0 Å². The maximum absolute atomic E-state index is 8.59.